The fourth-order valence-electron chi connectivity index (χ4n) is 1.95. The molecule has 0 bridgehead atoms. The summed E-state index contributed by atoms with van der Waals surface area (Å²) in [6.45, 7) is 3.02. The molecule has 0 saturated heterocycles. The number of ether oxygens (including phenoxy) is 2. The van der Waals surface area contributed by atoms with Gasteiger partial charge in [0.05, 0.1) is 18.8 Å². The molecular weight excluding hydrogens is 264 g/mol. The maximum absolute atomic E-state index is 12.3. The zero-order valence-corrected chi connectivity index (χ0v) is 12.2. The summed E-state index contributed by atoms with van der Waals surface area (Å²) in [4.78, 5) is 12.3. The van der Waals surface area contributed by atoms with Crippen molar-refractivity contribution < 1.29 is 14.3 Å². The van der Waals surface area contributed by atoms with E-state index >= 15 is 0 Å². The summed E-state index contributed by atoms with van der Waals surface area (Å²) in [6, 6.07) is 16.9. The molecule has 3 heteroatoms. The number of para-hydroxylation sites is 2. The Morgan fingerprint density at radius 3 is 2.38 bits per heavy atom. The number of carbonyl (C=O) groups excluding carboxylic acids is 1. The maximum atomic E-state index is 12.3. The predicted molar refractivity (Wildman–Crippen MR) is 83.1 cm³/mol. The summed E-state index contributed by atoms with van der Waals surface area (Å²) in [5.74, 6) is 1.47. The Bertz CT molecular complexity index is 564. The molecule has 0 aromatic heterocycles. The first-order valence-corrected chi connectivity index (χ1v) is 7.24. The van der Waals surface area contributed by atoms with E-state index in [9.17, 15) is 4.79 Å². The molecule has 0 heterocycles. The summed E-state index contributed by atoms with van der Waals surface area (Å²) in [5, 5.41) is 0. The summed E-state index contributed by atoms with van der Waals surface area (Å²) in [7, 11) is 0. The number of rotatable bonds is 8. The van der Waals surface area contributed by atoms with Crippen LogP contribution >= 0.6 is 0 Å². The Morgan fingerprint density at radius 2 is 1.62 bits per heavy atom. The molecule has 0 N–H and O–H groups in total. The minimum atomic E-state index is 0.0395. The lowest BCUT2D eigenvalue weighted by molar-refractivity contribution is 0.0958. The van der Waals surface area contributed by atoms with E-state index in [-0.39, 0.29) is 5.78 Å². The van der Waals surface area contributed by atoms with Crippen LogP contribution in [-0.2, 0) is 0 Å². The Labute approximate surface area is 125 Å². The largest absolute Gasteiger partial charge is 0.493 e. The van der Waals surface area contributed by atoms with E-state index in [1.165, 1.54) is 0 Å². The molecule has 0 radical (unpaired) electrons. The molecule has 0 aliphatic carbocycles. The molecule has 0 spiro atoms. The topological polar surface area (TPSA) is 35.5 Å². The zero-order chi connectivity index (χ0) is 14.9. The monoisotopic (exact) mass is 284 g/mol. The third-order valence-electron chi connectivity index (χ3n) is 2.99. The van der Waals surface area contributed by atoms with E-state index < -0.39 is 0 Å². The molecule has 2 rings (SSSR count). The maximum Gasteiger partial charge on any atom is 0.169 e. The molecule has 0 saturated carbocycles. The molecule has 110 valence electrons. The molecule has 0 aliphatic heterocycles. The molecule has 0 unspecified atom stereocenters. The van der Waals surface area contributed by atoms with Crippen LogP contribution in [0.2, 0.25) is 0 Å². The third kappa shape index (κ3) is 4.63. The second-order valence-electron chi connectivity index (χ2n) is 4.68. The number of ketones is 1. The third-order valence-corrected chi connectivity index (χ3v) is 2.99. The van der Waals surface area contributed by atoms with Gasteiger partial charge in [-0.25, -0.2) is 0 Å². The standard InChI is InChI=1S/C18H20O3/c1-2-13-21-18-11-7-6-10-16(18)17(19)12-14-20-15-8-4-3-5-9-15/h3-11H,2,12-14H2,1H3. The van der Waals surface area contributed by atoms with E-state index in [1.54, 1.807) is 6.07 Å². The Morgan fingerprint density at radius 1 is 0.905 bits per heavy atom. The van der Waals surface area contributed by atoms with Crippen molar-refractivity contribution in [3.63, 3.8) is 0 Å². The molecule has 0 amide bonds. The van der Waals surface area contributed by atoms with Crippen molar-refractivity contribution in [1.82, 2.24) is 0 Å². The highest BCUT2D eigenvalue weighted by Gasteiger charge is 2.12. The first-order valence-electron chi connectivity index (χ1n) is 7.24. The van der Waals surface area contributed by atoms with E-state index in [1.807, 2.05) is 55.5 Å². The molecule has 3 nitrogen and oxygen atoms in total. The van der Waals surface area contributed by atoms with Crippen LogP contribution in [0, 0.1) is 0 Å². The van der Waals surface area contributed by atoms with Crippen molar-refractivity contribution in [1.29, 1.82) is 0 Å². The van der Waals surface area contributed by atoms with Gasteiger partial charge in [0.2, 0.25) is 0 Å². The van der Waals surface area contributed by atoms with Gasteiger partial charge in [-0.2, -0.15) is 0 Å². The number of Topliss-reactive ketones (excluding diaryl/α,β-unsaturated/α-hetero) is 1. The van der Waals surface area contributed by atoms with Crippen molar-refractivity contribution in [2.24, 2.45) is 0 Å². The van der Waals surface area contributed by atoms with Gasteiger partial charge in [0.25, 0.3) is 0 Å². The number of hydrogen-bond donors (Lipinski definition) is 0. The highest BCUT2D eigenvalue weighted by molar-refractivity contribution is 5.98. The van der Waals surface area contributed by atoms with Crippen LogP contribution < -0.4 is 9.47 Å². The van der Waals surface area contributed by atoms with Crippen LogP contribution in [0.25, 0.3) is 0 Å². The highest BCUT2D eigenvalue weighted by atomic mass is 16.5. The van der Waals surface area contributed by atoms with Gasteiger partial charge in [-0.15, -0.1) is 0 Å². The fourth-order valence-corrected chi connectivity index (χ4v) is 1.95. The van der Waals surface area contributed by atoms with Gasteiger partial charge in [-0.3, -0.25) is 4.79 Å². The Kier molecular flexibility index (Phi) is 5.83. The number of benzene rings is 2. The first-order chi connectivity index (χ1) is 10.3. The highest BCUT2D eigenvalue weighted by Crippen LogP contribution is 2.20. The van der Waals surface area contributed by atoms with Crippen molar-refractivity contribution in [2.45, 2.75) is 19.8 Å². The van der Waals surface area contributed by atoms with Crippen molar-refractivity contribution in [3.8, 4) is 11.5 Å². The smallest absolute Gasteiger partial charge is 0.169 e. The molecule has 0 aliphatic rings. The van der Waals surface area contributed by atoms with Crippen LogP contribution in [0.15, 0.2) is 54.6 Å². The minimum absolute atomic E-state index is 0.0395. The molecule has 2 aromatic carbocycles. The van der Waals surface area contributed by atoms with Crippen molar-refractivity contribution in [2.75, 3.05) is 13.2 Å². The van der Waals surface area contributed by atoms with Gasteiger partial charge in [0.15, 0.2) is 5.78 Å². The van der Waals surface area contributed by atoms with Crippen LogP contribution in [0.4, 0.5) is 0 Å². The van der Waals surface area contributed by atoms with Gasteiger partial charge in [-0.1, -0.05) is 37.3 Å². The fraction of sp³-hybridized carbons (Fsp3) is 0.278. The summed E-state index contributed by atoms with van der Waals surface area (Å²) in [6.07, 6.45) is 1.25. The lowest BCUT2D eigenvalue weighted by Gasteiger charge is -2.10. The molecule has 2 aromatic rings. The molecular formula is C18H20O3. The van der Waals surface area contributed by atoms with E-state index in [0.717, 1.165) is 12.2 Å². The quantitative estimate of drug-likeness (QED) is 0.684. The van der Waals surface area contributed by atoms with Gasteiger partial charge in [0, 0.05) is 6.42 Å². The summed E-state index contributed by atoms with van der Waals surface area (Å²) >= 11 is 0. The molecule has 0 fully saturated rings. The SMILES string of the molecule is CCCOc1ccccc1C(=O)CCOc1ccccc1. The van der Waals surface area contributed by atoms with Gasteiger partial charge in [-0.05, 0) is 30.7 Å². The Hall–Kier alpha value is -2.29. The average Bonchev–Trinajstić information content (AvgIpc) is 2.54. The number of carbonyl (C=O) groups is 1. The molecule has 0 atom stereocenters. The lowest BCUT2D eigenvalue weighted by atomic mass is 10.1. The molecule has 21 heavy (non-hydrogen) atoms. The first kappa shape index (κ1) is 15.1. The van der Waals surface area contributed by atoms with Crippen molar-refractivity contribution >= 4 is 5.78 Å². The summed E-state index contributed by atoms with van der Waals surface area (Å²) in [5.41, 5.74) is 0.627. The second kappa shape index (κ2) is 8.10. The van der Waals surface area contributed by atoms with Gasteiger partial charge >= 0.3 is 0 Å². The minimum Gasteiger partial charge on any atom is -0.493 e. The van der Waals surface area contributed by atoms with Gasteiger partial charge in [0.1, 0.15) is 11.5 Å². The van der Waals surface area contributed by atoms with Crippen molar-refractivity contribution in [3.05, 3.63) is 60.2 Å². The van der Waals surface area contributed by atoms with E-state index in [4.69, 9.17) is 9.47 Å². The predicted octanol–water partition coefficient (Wildman–Crippen LogP) is 4.13. The van der Waals surface area contributed by atoms with Crippen LogP contribution in [0.1, 0.15) is 30.1 Å². The lowest BCUT2D eigenvalue weighted by Crippen LogP contribution is -2.09. The average molecular weight is 284 g/mol. The summed E-state index contributed by atoms with van der Waals surface area (Å²) < 4.78 is 11.2. The van der Waals surface area contributed by atoms with E-state index in [2.05, 4.69) is 0 Å². The van der Waals surface area contributed by atoms with E-state index in [0.29, 0.717) is 30.9 Å². The van der Waals surface area contributed by atoms with Crippen LogP contribution in [0.3, 0.4) is 0 Å². The zero-order valence-electron chi connectivity index (χ0n) is 12.2. The van der Waals surface area contributed by atoms with Crippen LogP contribution in [-0.4, -0.2) is 19.0 Å². The normalized spacial score (nSPS) is 10.1. The second-order valence-corrected chi connectivity index (χ2v) is 4.68. The van der Waals surface area contributed by atoms with Crippen LogP contribution in [0.5, 0.6) is 11.5 Å². The van der Waals surface area contributed by atoms with Gasteiger partial charge < -0.3 is 9.47 Å². The Balaban J connectivity index is 1.91. The number of hydrogen-bond acceptors (Lipinski definition) is 3.